The summed E-state index contributed by atoms with van der Waals surface area (Å²) in [5.74, 6) is 0.423. The molecule has 192 valence electrons. The number of azo groups is 1. The quantitative estimate of drug-likeness (QED) is 0.156. The molecule has 3 rings (SSSR count). The van der Waals surface area contributed by atoms with Crippen molar-refractivity contribution >= 4 is 56.0 Å². The van der Waals surface area contributed by atoms with E-state index in [4.69, 9.17) is 4.74 Å². The van der Waals surface area contributed by atoms with Gasteiger partial charge in [0.15, 0.2) is 5.69 Å². The normalized spacial score (nSPS) is 10.8. The summed E-state index contributed by atoms with van der Waals surface area (Å²) in [6.07, 6.45) is 0. The second kappa shape index (κ2) is 12.5. The van der Waals surface area contributed by atoms with Crippen LogP contribution in [0.3, 0.4) is 0 Å². The molecular weight excluding hydrogens is 548 g/mol. The van der Waals surface area contributed by atoms with Crippen molar-refractivity contribution in [3.63, 3.8) is 0 Å². The van der Waals surface area contributed by atoms with Gasteiger partial charge in [0.2, 0.25) is 5.91 Å². The first-order valence-electron chi connectivity index (χ1n) is 11.1. The number of halogens is 1. The molecule has 0 saturated carbocycles. The van der Waals surface area contributed by atoms with Crippen LogP contribution in [0.1, 0.15) is 13.8 Å². The first-order chi connectivity index (χ1) is 17.7. The minimum Gasteiger partial charge on any atom is -0.492 e. The number of non-ortho nitro benzene ring substituents is 1. The Kier molecular flexibility index (Phi) is 9.21. The topological polar surface area (TPSA) is 153 Å². The zero-order chi connectivity index (χ0) is 26.9. The van der Waals surface area contributed by atoms with Crippen molar-refractivity contribution in [3.05, 3.63) is 85.4 Å². The number of nitro benzene ring substituents is 2. The van der Waals surface area contributed by atoms with Gasteiger partial charge in [-0.3, -0.25) is 25.0 Å². The van der Waals surface area contributed by atoms with Crippen LogP contribution in [0.15, 0.2) is 75.4 Å². The molecule has 0 aromatic heterocycles. The van der Waals surface area contributed by atoms with E-state index in [0.29, 0.717) is 25.4 Å². The van der Waals surface area contributed by atoms with Gasteiger partial charge in [-0.05, 0) is 53.2 Å². The lowest BCUT2D eigenvalue weighted by atomic mass is 10.2. The van der Waals surface area contributed by atoms with Gasteiger partial charge in [0, 0.05) is 25.2 Å². The molecule has 1 amide bonds. The monoisotopic (exact) mass is 570 g/mol. The van der Waals surface area contributed by atoms with Crippen LogP contribution < -0.4 is 15.0 Å². The predicted octanol–water partition coefficient (Wildman–Crippen LogP) is 6.54. The second-order valence-corrected chi connectivity index (χ2v) is 8.49. The number of nitrogens with zero attached hydrogens (tertiary/aromatic N) is 5. The third kappa shape index (κ3) is 7.30. The highest BCUT2D eigenvalue weighted by atomic mass is 79.9. The summed E-state index contributed by atoms with van der Waals surface area (Å²) in [5, 5.41) is 33.3. The smallest absolute Gasteiger partial charge is 0.304 e. The molecule has 0 aliphatic rings. The van der Waals surface area contributed by atoms with Crippen LogP contribution >= 0.6 is 15.9 Å². The number of nitrogens with one attached hydrogen (secondary N) is 1. The van der Waals surface area contributed by atoms with Gasteiger partial charge in [-0.25, -0.2) is 0 Å². The Labute approximate surface area is 220 Å². The lowest BCUT2D eigenvalue weighted by Crippen LogP contribution is -2.28. The number of benzene rings is 3. The average molecular weight is 571 g/mol. The number of ether oxygens (including phenoxy) is 1. The second-order valence-electron chi connectivity index (χ2n) is 7.63. The highest BCUT2D eigenvalue weighted by Gasteiger charge is 2.23. The van der Waals surface area contributed by atoms with Crippen molar-refractivity contribution in [1.82, 2.24) is 0 Å². The maximum Gasteiger partial charge on any atom is 0.304 e. The van der Waals surface area contributed by atoms with Gasteiger partial charge in [0.25, 0.3) is 5.69 Å². The Balaban J connectivity index is 1.89. The molecule has 13 heteroatoms. The molecule has 3 aromatic rings. The minimum atomic E-state index is -0.777. The van der Waals surface area contributed by atoms with Crippen molar-refractivity contribution in [3.8, 4) is 5.75 Å². The summed E-state index contributed by atoms with van der Waals surface area (Å²) in [5.41, 5.74) is 0.146. The lowest BCUT2D eigenvalue weighted by Gasteiger charge is -2.24. The van der Waals surface area contributed by atoms with Crippen LogP contribution in [0.4, 0.5) is 34.1 Å². The summed E-state index contributed by atoms with van der Waals surface area (Å²) < 4.78 is 5.82. The van der Waals surface area contributed by atoms with E-state index in [1.807, 2.05) is 42.2 Å². The number of rotatable bonds is 11. The van der Waals surface area contributed by atoms with E-state index in [1.165, 1.54) is 6.92 Å². The molecule has 3 aromatic carbocycles. The number of carbonyl (C=O) groups excluding carboxylic acids is 1. The van der Waals surface area contributed by atoms with Crippen molar-refractivity contribution < 1.29 is 19.4 Å². The first kappa shape index (κ1) is 27.2. The fourth-order valence-electron chi connectivity index (χ4n) is 3.38. The van der Waals surface area contributed by atoms with Gasteiger partial charge < -0.3 is 15.0 Å². The van der Waals surface area contributed by atoms with E-state index in [9.17, 15) is 25.0 Å². The molecule has 0 atom stereocenters. The van der Waals surface area contributed by atoms with Crippen LogP contribution in [0.5, 0.6) is 5.75 Å². The van der Waals surface area contributed by atoms with E-state index in [-0.39, 0.29) is 21.8 Å². The minimum absolute atomic E-state index is 0.0328. The molecule has 0 heterocycles. The highest BCUT2D eigenvalue weighted by Crippen LogP contribution is 2.40. The van der Waals surface area contributed by atoms with Gasteiger partial charge in [0.05, 0.1) is 32.6 Å². The number of anilines is 2. The SMILES string of the molecule is CCN(CCOc1ccccc1)c1ccc(N=Nc2c(Br)cc([N+](=O)[O-])cc2[N+](=O)[O-])c(NC(C)=O)c1. The molecule has 0 radical (unpaired) electrons. The van der Waals surface area contributed by atoms with Crippen LogP contribution in [-0.4, -0.2) is 35.5 Å². The van der Waals surface area contributed by atoms with Crippen molar-refractivity contribution in [2.75, 3.05) is 29.9 Å². The van der Waals surface area contributed by atoms with Crippen molar-refractivity contribution in [2.45, 2.75) is 13.8 Å². The number of likely N-dealkylation sites (N-methyl/N-ethyl adjacent to an activating group) is 1. The van der Waals surface area contributed by atoms with Gasteiger partial charge in [0.1, 0.15) is 18.0 Å². The van der Waals surface area contributed by atoms with Crippen LogP contribution in [-0.2, 0) is 4.79 Å². The van der Waals surface area contributed by atoms with Crippen LogP contribution in [0.25, 0.3) is 0 Å². The van der Waals surface area contributed by atoms with Gasteiger partial charge in [-0.2, -0.15) is 0 Å². The van der Waals surface area contributed by atoms with E-state index < -0.39 is 21.2 Å². The van der Waals surface area contributed by atoms with Gasteiger partial charge in [-0.15, -0.1) is 10.2 Å². The first-order valence-corrected chi connectivity index (χ1v) is 11.9. The largest absolute Gasteiger partial charge is 0.492 e. The summed E-state index contributed by atoms with van der Waals surface area (Å²) in [4.78, 5) is 34.9. The summed E-state index contributed by atoms with van der Waals surface area (Å²) in [6, 6.07) is 16.5. The zero-order valence-corrected chi connectivity index (χ0v) is 21.5. The number of amides is 1. The summed E-state index contributed by atoms with van der Waals surface area (Å²) in [6.45, 7) is 5.01. The molecule has 0 aliphatic carbocycles. The van der Waals surface area contributed by atoms with Gasteiger partial charge in [-0.1, -0.05) is 18.2 Å². The van der Waals surface area contributed by atoms with E-state index >= 15 is 0 Å². The standard InChI is InChI=1S/C24H23BrN6O6/c1-3-29(11-12-37-19-7-5-4-6-8-19)17-9-10-21(22(14-17)26-16(2)32)27-28-24-20(25)13-18(30(33)34)15-23(24)31(35)36/h4-10,13-15H,3,11-12H2,1-2H3,(H,26,32). The molecule has 37 heavy (non-hydrogen) atoms. The fraction of sp³-hybridized carbons (Fsp3) is 0.208. The number of para-hydroxylation sites is 1. The predicted molar refractivity (Wildman–Crippen MR) is 142 cm³/mol. The third-order valence-corrected chi connectivity index (χ3v) is 5.71. The van der Waals surface area contributed by atoms with Crippen molar-refractivity contribution in [1.29, 1.82) is 0 Å². The Morgan fingerprint density at radius 1 is 1.05 bits per heavy atom. The maximum absolute atomic E-state index is 11.8. The Bertz CT molecular complexity index is 1330. The molecule has 0 spiro atoms. The van der Waals surface area contributed by atoms with Crippen LogP contribution in [0, 0.1) is 20.2 Å². The third-order valence-electron chi connectivity index (χ3n) is 5.10. The van der Waals surface area contributed by atoms with E-state index in [1.54, 1.807) is 18.2 Å². The summed E-state index contributed by atoms with van der Waals surface area (Å²) >= 11 is 3.10. The zero-order valence-electron chi connectivity index (χ0n) is 20.0. The Morgan fingerprint density at radius 2 is 1.78 bits per heavy atom. The number of hydrogen-bond donors (Lipinski definition) is 1. The van der Waals surface area contributed by atoms with Gasteiger partial charge >= 0.3 is 5.69 Å². The van der Waals surface area contributed by atoms with E-state index in [0.717, 1.165) is 23.6 Å². The maximum atomic E-state index is 11.8. The Morgan fingerprint density at radius 3 is 2.41 bits per heavy atom. The van der Waals surface area contributed by atoms with Crippen LogP contribution in [0.2, 0.25) is 0 Å². The molecule has 0 bridgehead atoms. The number of hydrogen-bond acceptors (Lipinski definition) is 9. The molecular formula is C24H23BrN6O6. The van der Waals surface area contributed by atoms with Crippen molar-refractivity contribution in [2.24, 2.45) is 10.2 Å². The van der Waals surface area contributed by atoms with E-state index in [2.05, 4.69) is 31.5 Å². The lowest BCUT2D eigenvalue weighted by molar-refractivity contribution is -0.393. The number of nitro groups is 2. The molecule has 1 N–H and O–H groups in total. The average Bonchev–Trinajstić information content (AvgIpc) is 2.86. The summed E-state index contributed by atoms with van der Waals surface area (Å²) in [7, 11) is 0. The molecule has 0 fully saturated rings. The highest BCUT2D eigenvalue weighted by molar-refractivity contribution is 9.10. The fourth-order valence-corrected chi connectivity index (χ4v) is 3.89. The Hall–Kier alpha value is -4.39. The molecule has 0 unspecified atom stereocenters. The number of carbonyl (C=O) groups is 1. The molecule has 12 nitrogen and oxygen atoms in total. The molecule has 0 aliphatic heterocycles. The molecule has 0 saturated heterocycles.